The highest BCUT2D eigenvalue weighted by molar-refractivity contribution is 5.86. The van der Waals surface area contributed by atoms with Gasteiger partial charge in [-0.05, 0) is 53.3 Å². The van der Waals surface area contributed by atoms with Crippen LogP contribution >= 0.6 is 0 Å². The number of benzene rings is 1. The Morgan fingerprint density at radius 3 is 2.75 bits per heavy atom. The monoisotopic (exact) mass is 268 g/mol. The molecule has 1 aromatic heterocycles. The molecule has 2 heterocycles. The van der Waals surface area contributed by atoms with E-state index >= 15 is 0 Å². The van der Waals surface area contributed by atoms with Crippen LogP contribution in [0.1, 0.15) is 50.7 Å². The highest BCUT2D eigenvalue weighted by atomic mass is 14.9. The Morgan fingerprint density at radius 2 is 2.05 bits per heavy atom. The molecule has 3 rings (SSSR count). The van der Waals surface area contributed by atoms with Crippen molar-refractivity contribution in [3.05, 3.63) is 41.7 Å². The maximum Gasteiger partial charge on any atom is 0.0346 e. The maximum atomic E-state index is 4.45. The first-order valence-electron chi connectivity index (χ1n) is 7.64. The van der Waals surface area contributed by atoms with Crippen molar-refractivity contribution >= 4 is 10.8 Å². The SMILES string of the molecule is CC(C)(C)c1cncc2cc(C3CCCNC3)ccc12. The predicted octanol–water partition coefficient (Wildman–Crippen LogP) is 4.00. The molecule has 1 aromatic carbocycles. The van der Waals surface area contributed by atoms with Crippen LogP contribution in [0.2, 0.25) is 0 Å². The van der Waals surface area contributed by atoms with Gasteiger partial charge in [-0.2, -0.15) is 0 Å². The van der Waals surface area contributed by atoms with Crippen molar-refractivity contribution < 1.29 is 0 Å². The molecule has 2 heteroatoms. The third kappa shape index (κ3) is 2.57. The molecule has 1 N–H and O–H groups in total. The fraction of sp³-hybridized carbons (Fsp3) is 0.500. The zero-order chi connectivity index (χ0) is 14.2. The highest BCUT2D eigenvalue weighted by Crippen LogP contribution is 2.32. The lowest BCUT2D eigenvalue weighted by Crippen LogP contribution is -2.28. The van der Waals surface area contributed by atoms with Gasteiger partial charge >= 0.3 is 0 Å². The van der Waals surface area contributed by atoms with Gasteiger partial charge in [0, 0.05) is 24.3 Å². The highest BCUT2D eigenvalue weighted by Gasteiger charge is 2.19. The second-order valence-corrected chi connectivity index (χ2v) is 6.96. The summed E-state index contributed by atoms with van der Waals surface area (Å²) in [4.78, 5) is 4.45. The average Bonchev–Trinajstić information content (AvgIpc) is 2.46. The van der Waals surface area contributed by atoms with Gasteiger partial charge in [-0.3, -0.25) is 4.98 Å². The lowest BCUT2D eigenvalue weighted by Gasteiger charge is -2.24. The molecule has 0 saturated carbocycles. The van der Waals surface area contributed by atoms with E-state index in [9.17, 15) is 0 Å². The minimum absolute atomic E-state index is 0.139. The molecule has 1 atom stereocenters. The number of hydrogen-bond donors (Lipinski definition) is 1. The number of hydrogen-bond acceptors (Lipinski definition) is 2. The molecule has 1 aliphatic rings. The van der Waals surface area contributed by atoms with Crippen molar-refractivity contribution in [1.29, 1.82) is 0 Å². The Hall–Kier alpha value is -1.41. The topological polar surface area (TPSA) is 24.9 Å². The van der Waals surface area contributed by atoms with Gasteiger partial charge in [0.15, 0.2) is 0 Å². The third-order valence-corrected chi connectivity index (χ3v) is 4.36. The van der Waals surface area contributed by atoms with Crippen LogP contribution in [-0.2, 0) is 5.41 Å². The molecule has 1 aliphatic heterocycles. The number of nitrogens with one attached hydrogen (secondary N) is 1. The Kier molecular flexibility index (Phi) is 3.51. The fourth-order valence-electron chi connectivity index (χ4n) is 3.18. The number of aromatic nitrogens is 1. The largest absolute Gasteiger partial charge is 0.316 e. The minimum atomic E-state index is 0.139. The van der Waals surface area contributed by atoms with E-state index < -0.39 is 0 Å². The van der Waals surface area contributed by atoms with E-state index in [1.807, 2.05) is 12.4 Å². The zero-order valence-corrected chi connectivity index (χ0v) is 12.7. The van der Waals surface area contributed by atoms with Crippen molar-refractivity contribution in [2.45, 2.75) is 44.9 Å². The number of nitrogens with zero attached hydrogens (tertiary/aromatic N) is 1. The van der Waals surface area contributed by atoms with Crippen LogP contribution in [0.15, 0.2) is 30.6 Å². The number of piperidine rings is 1. The standard InChI is InChI=1S/C18H24N2/c1-18(2,3)17-12-20-11-15-9-13(6-7-16(15)17)14-5-4-8-19-10-14/h6-7,9,11-12,14,19H,4-5,8,10H2,1-3H3. The Morgan fingerprint density at radius 1 is 1.20 bits per heavy atom. The van der Waals surface area contributed by atoms with Crippen LogP contribution in [0.5, 0.6) is 0 Å². The van der Waals surface area contributed by atoms with Gasteiger partial charge in [0.05, 0.1) is 0 Å². The van der Waals surface area contributed by atoms with Crippen molar-refractivity contribution in [3.8, 4) is 0 Å². The molecule has 106 valence electrons. The Bertz CT molecular complexity index is 604. The average molecular weight is 268 g/mol. The van der Waals surface area contributed by atoms with Gasteiger partial charge in [-0.1, -0.05) is 32.9 Å². The summed E-state index contributed by atoms with van der Waals surface area (Å²) in [5.74, 6) is 0.659. The van der Waals surface area contributed by atoms with Gasteiger partial charge in [0.1, 0.15) is 0 Å². The molecule has 0 amide bonds. The molecule has 2 nitrogen and oxygen atoms in total. The van der Waals surface area contributed by atoms with Crippen molar-refractivity contribution in [2.75, 3.05) is 13.1 Å². The minimum Gasteiger partial charge on any atom is -0.316 e. The number of rotatable bonds is 1. The normalized spacial score (nSPS) is 20.2. The Labute approximate surface area is 121 Å². The van der Waals surface area contributed by atoms with E-state index in [2.05, 4.69) is 49.3 Å². The van der Waals surface area contributed by atoms with Crippen molar-refractivity contribution in [1.82, 2.24) is 10.3 Å². The lowest BCUT2D eigenvalue weighted by molar-refractivity contribution is 0.462. The molecule has 0 spiro atoms. The first kappa shape index (κ1) is 13.6. The predicted molar refractivity (Wildman–Crippen MR) is 85.3 cm³/mol. The van der Waals surface area contributed by atoms with Gasteiger partial charge in [-0.15, -0.1) is 0 Å². The molecule has 0 radical (unpaired) electrons. The summed E-state index contributed by atoms with van der Waals surface area (Å²) in [5, 5.41) is 6.13. The molecular formula is C18H24N2. The van der Waals surface area contributed by atoms with Gasteiger partial charge < -0.3 is 5.32 Å². The fourth-order valence-corrected chi connectivity index (χ4v) is 3.18. The molecule has 0 bridgehead atoms. The van der Waals surface area contributed by atoms with E-state index in [-0.39, 0.29) is 5.41 Å². The summed E-state index contributed by atoms with van der Waals surface area (Å²) in [5.41, 5.74) is 2.93. The van der Waals surface area contributed by atoms with Crippen LogP contribution < -0.4 is 5.32 Å². The van der Waals surface area contributed by atoms with Crippen LogP contribution in [0.4, 0.5) is 0 Å². The Balaban J connectivity index is 2.04. The van der Waals surface area contributed by atoms with E-state index in [1.54, 1.807) is 0 Å². The molecule has 1 fully saturated rings. The number of pyridine rings is 1. The lowest BCUT2D eigenvalue weighted by atomic mass is 9.84. The van der Waals surface area contributed by atoms with E-state index in [1.165, 1.54) is 41.3 Å². The molecule has 1 saturated heterocycles. The maximum absolute atomic E-state index is 4.45. The quantitative estimate of drug-likeness (QED) is 0.845. The summed E-state index contributed by atoms with van der Waals surface area (Å²) in [7, 11) is 0. The summed E-state index contributed by atoms with van der Waals surface area (Å²) < 4.78 is 0. The summed E-state index contributed by atoms with van der Waals surface area (Å²) in [6.07, 6.45) is 6.60. The molecular weight excluding hydrogens is 244 g/mol. The van der Waals surface area contributed by atoms with Crippen LogP contribution in [0.3, 0.4) is 0 Å². The first-order chi connectivity index (χ1) is 9.55. The van der Waals surface area contributed by atoms with Crippen LogP contribution in [-0.4, -0.2) is 18.1 Å². The van der Waals surface area contributed by atoms with Gasteiger partial charge in [0.2, 0.25) is 0 Å². The smallest absolute Gasteiger partial charge is 0.0346 e. The van der Waals surface area contributed by atoms with E-state index in [4.69, 9.17) is 0 Å². The number of fused-ring (bicyclic) bond motifs is 1. The summed E-state index contributed by atoms with van der Waals surface area (Å²) in [6, 6.07) is 6.95. The first-order valence-corrected chi connectivity index (χ1v) is 7.64. The van der Waals surface area contributed by atoms with E-state index in [0.717, 1.165) is 6.54 Å². The van der Waals surface area contributed by atoms with E-state index in [0.29, 0.717) is 5.92 Å². The van der Waals surface area contributed by atoms with Crippen molar-refractivity contribution in [2.24, 2.45) is 0 Å². The van der Waals surface area contributed by atoms with Crippen molar-refractivity contribution in [3.63, 3.8) is 0 Å². The summed E-state index contributed by atoms with van der Waals surface area (Å²) in [6.45, 7) is 9.03. The molecule has 2 aromatic rings. The zero-order valence-electron chi connectivity index (χ0n) is 12.7. The molecule has 1 unspecified atom stereocenters. The molecule has 0 aliphatic carbocycles. The second-order valence-electron chi connectivity index (χ2n) is 6.96. The van der Waals surface area contributed by atoms with Gasteiger partial charge in [-0.25, -0.2) is 0 Å². The second kappa shape index (κ2) is 5.17. The third-order valence-electron chi connectivity index (χ3n) is 4.36. The molecule has 20 heavy (non-hydrogen) atoms. The van der Waals surface area contributed by atoms with Crippen LogP contribution in [0, 0.1) is 0 Å². The van der Waals surface area contributed by atoms with Gasteiger partial charge in [0.25, 0.3) is 0 Å². The summed E-state index contributed by atoms with van der Waals surface area (Å²) >= 11 is 0. The van der Waals surface area contributed by atoms with Crippen LogP contribution in [0.25, 0.3) is 10.8 Å².